The molecule has 0 radical (unpaired) electrons. The highest BCUT2D eigenvalue weighted by Crippen LogP contribution is 2.32. The Kier molecular flexibility index (Phi) is 5.51. The van der Waals surface area contributed by atoms with Gasteiger partial charge in [0.05, 0.1) is 49.7 Å². The molecule has 0 unspecified atom stereocenters. The highest BCUT2D eigenvalue weighted by atomic mass is 19.3. The maximum Gasteiger partial charge on any atom is 0.388 e. The van der Waals surface area contributed by atoms with Gasteiger partial charge in [0, 0.05) is 22.6 Å². The molecule has 11 heteroatoms. The number of anilines is 1. The molecule has 1 saturated heterocycles. The van der Waals surface area contributed by atoms with Crippen molar-refractivity contribution in [3.05, 3.63) is 58.6 Å². The van der Waals surface area contributed by atoms with Crippen molar-refractivity contribution in [1.82, 2.24) is 20.7 Å². The van der Waals surface area contributed by atoms with Crippen LogP contribution in [-0.4, -0.2) is 47.7 Å². The summed E-state index contributed by atoms with van der Waals surface area (Å²) in [6, 6.07) is 4.68. The van der Waals surface area contributed by atoms with E-state index in [1.54, 1.807) is 23.1 Å². The van der Waals surface area contributed by atoms with Gasteiger partial charge in [-0.1, -0.05) is 0 Å². The Morgan fingerprint density at radius 1 is 1.21 bits per heavy atom. The van der Waals surface area contributed by atoms with Crippen molar-refractivity contribution in [3.8, 4) is 0 Å². The molecule has 3 aliphatic rings. The van der Waals surface area contributed by atoms with E-state index in [9.17, 15) is 13.6 Å². The predicted molar refractivity (Wildman–Crippen MR) is 114 cm³/mol. The molecule has 3 aliphatic heterocycles. The van der Waals surface area contributed by atoms with E-state index in [4.69, 9.17) is 15.2 Å². The number of nitrogen functional groups attached to an aromatic ring is 1. The molecule has 0 spiro atoms. The number of hydrogen-bond donors (Lipinski definition) is 3. The number of benzene rings is 1. The third kappa shape index (κ3) is 3.93. The number of carbonyl (C=O) groups excluding carboxylic acids is 1. The molecule has 0 saturated carbocycles. The lowest BCUT2D eigenvalue weighted by molar-refractivity contribution is -0.103. The summed E-state index contributed by atoms with van der Waals surface area (Å²) in [5.41, 5.74) is 15.1. The number of morpholine rings is 1. The second-order valence-electron chi connectivity index (χ2n) is 8.08. The summed E-state index contributed by atoms with van der Waals surface area (Å²) in [4.78, 5) is 19.8. The number of allylic oxidation sites excluding steroid dienone is 2. The number of pyridine rings is 1. The zero-order valence-corrected chi connectivity index (χ0v) is 17.8. The van der Waals surface area contributed by atoms with Crippen LogP contribution in [0.15, 0.2) is 41.9 Å². The fourth-order valence-corrected chi connectivity index (χ4v) is 4.39. The van der Waals surface area contributed by atoms with E-state index in [-0.39, 0.29) is 24.4 Å². The van der Waals surface area contributed by atoms with Gasteiger partial charge in [0.1, 0.15) is 5.82 Å². The third-order valence-electron chi connectivity index (χ3n) is 5.98. The maximum atomic E-state index is 13.7. The van der Waals surface area contributed by atoms with Crippen molar-refractivity contribution in [2.45, 2.75) is 38.8 Å². The molecule has 33 heavy (non-hydrogen) atoms. The number of aromatic nitrogens is 1. The molecule has 2 aromatic rings. The highest BCUT2D eigenvalue weighted by Gasteiger charge is 2.36. The molecule has 1 fully saturated rings. The Morgan fingerprint density at radius 2 is 2.03 bits per heavy atom. The Morgan fingerprint density at radius 3 is 2.79 bits per heavy atom. The van der Waals surface area contributed by atoms with Gasteiger partial charge < -0.3 is 30.3 Å². The van der Waals surface area contributed by atoms with Gasteiger partial charge in [0.25, 0.3) is 5.91 Å². The minimum Gasteiger partial charge on any atom is -0.418 e. The number of nitrogens with zero attached hydrogens (tertiary/aromatic N) is 2. The second kappa shape index (κ2) is 8.49. The predicted octanol–water partition coefficient (Wildman–Crippen LogP) is 2.15. The number of nitrogens with two attached hydrogens (primary N) is 1. The van der Waals surface area contributed by atoms with Gasteiger partial charge in [0.2, 0.25) is 5.88 Å². The van der Waals surface area contributed by atoms with E-state index < -0.39 is 12.7 Å². The fourth-order valence-electron chi connectivity index (χ4n) is 4.39. The van der Waals surface area contributed by atoms with Crippen LogP contribution in [0.3, 0.4) is 0 Å². The Labute approximate surface area is 188 Å². The summed E-state index contributed by atoms with van der Waals surface area (Å²) in [5.74, 6) is 0.152. The van der Waals surface area contributed by atoms with Crippen molar-refractivity contribution in [2.75, 3.05) is 18.9 Å². The first kappa shape index (κ1) is 21.4. The van der Waals surface area contributed by atoms with Gasteiger partial charge in [-0.05, 0) is 36.8 Å². The molecule has 0 aliphatic carbocycles. The number of nitrogens with one attached hydrogen (secondary N) is 2. The molecule has 174 valence electrons. The van der Waals surface area contributed by atoms with E-state index in [1.165, 1.54) is 6.08 Å². The minimum absolute atomic E-state index is 0.117. The summed E-state index contributed by atoms with van der Waals surface area (Å²) in [6.07, 6.45) is 2.98. The van der Waals surface area contributed by atoms with Gasteiger partial charge in [0.15, 0.2) is 0 Å². The van der Waals surface area contributed by atoms with Crippen LogP contribution in [0, 0.1) is 0 Å². The average molecular weight is 459 g/mol. The molecule has 0 bridgehead atoms. The third-order valence-corrected chi connectivity index (χ3v) is 5.98. The minimum atomic E-state index is -2.94. The molecular weight excluding hydrogens is 436 g/mol. The number of halogens is 2. The summed E-state index contributed by atoms with van der Waals surface area (Å²) < 4.78 is 40.5. The molecule has 4 N–H and O–H groups in total. The number of hydrazine groups is 1. The van der Waals surface area contributed by atoms with Crippen LogP contribution in [-0.2, 0) is 27.4 Å². The monoisotopic (exact) mass is 459 g/mol. The van der Waals surface area contributed by atoms with Crippen molar-refractivity contribution in [2.24, 2.45) is 0 Å². The smallest absolute Gasteiger partial charge is 0.388 e. The number of alkyl halides is 2. The largest absolute Gasteiger partial charge is 0.418 e. The zero-order valence-electron chi connectivity index (χ0n) is 17.8. The number of hydrogen-bond acceptors (Lipinski definition) is 8. The molecule has 2 atom stereocenters. The first-order chi connectivity index (χ1) is 15.9. The highest BCUT2D eigenvalue weighted by molar-refractivity contribution is 5.99. The fraction of sp³-hybridized carbons (Fsp3) is 0.364. The number of rotatable bonds is 4. The first-order valence-electron chi connectivity index (χ1n) is 10.5. The second-order valence-corrected chi connectivity index (χ2v) is 8.08. The quantitative estimate of drug-likeness (QED) is 0.638. The van der Waals surface area contributed by atoms with E-state index in [0.29, 0.717) is 42.4 Å². The maximum absolute atomic E-state index is 13.7. The van der Waals surface area contributed by atoms with E-state index in [1.807, 2.05) is 13.0 Å². The van der Waals surface area contributed by atoms with E-state index in [2.05, 4.69) is 20.6 Å². The number of carbonyl (C=O) groups is 1. The first-order valence-corrected chi connectivity index (χ1v) is 10.5. The van der Waals surface area contributed by atoms with Gasteiger partial charge >= 0.3 is 6.61 Å². The topological polar surface area (TPSA) is 111 Å². The van der Waals surface area contributed by atoms with E-state index in [0.717, 1.165) is 16.5 Å². The van der Waals surface area contributed by atoms with Gasteiger partial charge in [-0.15, -0.1) is 0 Å². The summed E-state index contributed by atoms with van der Waals surface area (Å²) in [7, 11) is 0. The molecule has 1 amide bonds. The van der Waals surface area contributed by atoms with Crippen LogP contribution < -0.4 is 16.6 Å². The van der Waals surface area contributed by atoms with Crippen LogP contribution in [0.2, 0.25) is 0 Å². The lowest BCUT2D eigenvalue weighted by Crippen LogP contribution is -2.57. The van der Waals surface area contributed by atoms with Crippen molar-refractivity contribution >= 4 is 22.6 Å². The van der Waals surface area contributed by atoms with E-state index >= 15 is 0 Å². The Bertz CT molecular complexity index is 1170. The van der Waals surface area contributed by atoms with Crippen LogP contribution in [0.5, 0.6) is 0 Å². The Balaban J connectivity index is 1.47. The number of amides is 1. The average Bonchev–Trinajstić information content (AvgIpc) is 3.30. The Hall–Kier alpha value is -3.44. The van der Waals surface area contributed by atoms with Gasteiger partial charge in [-0.2, -0.15) is 8.78 Å². The molecule has 1 aromatic heterocycles. The molecule has 4 heterocycles. The van der Waals surface area contributed by atoms with Gasteiger partial charge in [-0.25, -0.2) is 4.98 Å². The van der Waals surface area contributed by atoms with Crippen molar-refractivity contribution in [3.63, 3.8) is 0 Å². The molecule has 9 nitrogen and oxygen atoms in total. The standard InChI is InChI=1S/C22H23F2N5O4/c1-11-7-31-10-18(17-4-5-19(28-27-17)33-22(23)24)29(11)21(30)12-2-3-16-13(6-12)14-8-32-9-15(14)20(25)26-16/h2-6,11,18,22,27-28H,7-10H2,1H3,(H2,25,26)/t11-,18-/m0/s1. The normalized spacial score (nSPS) is 22.4. The van der Waals surface area contributed by atoms with Crippen molar-refractivity contribution < 1.29 is 27.8 Å². The summed E-state index contributed by atoms with van der Waals surface area (Å²) in [5, 5.41) is 0.841. The van der Waals surface area contributed by atoms with Gasteiger partial charge in [-0.3, -0.25) is 10.2 Å². The van der Waals surface area contributed by atoms with Crippen LogP contribution in [0.25, 0.3) is 10.9 Å². The lowest BCUT2D eigenvalue weighted by Gasteiger charge is -2.42. The summed E-state index contributed by atoms with van der Waals surface area (Å²) >= 11 is 0. The SMILES string of the molecule is C[C@H]1COC[C@@H](C2=CC=C(OC(F)F)NN2)N1C(=O)c1ccc2nc(N)c3c(c2c1)COC3. The summed E-state index contributed by atoms with van der Waals surface area (Å²) in [6.45, 7) is 0.420. The zero-order chi connectivity index (χ0) is 23.1. The van der Waals surface area contributed by atoms with Crippen molar-refractivity contribution in [1.29, 1.82) is 0 Å². The number of ether oxygens (including phenoxy) is 3. The van der Waals surface area contributed by atoms with Crippen LogP contribution >= 0.6 is 0 Å². The molecule has 1 aromatic carbocycles. The van der Waals surface area contributed by atoms with Crippen LogP contribution in [0.1, 0.15) is 28.4 Å². The lowest BCUT2D eigenvalue weighted by atomic mass is 10.0. The number of fused-ring (bicyclic) bond motifs is 3. The van der Waals surface area contributed by atoms with Crippen LogP contribution in [0.4, 0.5) is 14.6 Å². The molecular formula is C22H23F2N5O4. The molecule has 5 rings (SSSR count).